The maximum Gasteiger partial charge on any atom is 0.410 e. The van der Waals surface area contributed by atoms with Crippen LogP contribution in [0.4, 0.5) is 4.79 Å². The topological polar surface area (TPSA) is 41.6 Å². The van der Waals surface area contributed by atoms with Crippen LogP contribution in [-0.4, -0.2) is 35.7 Å². The molecule has 0 spiro atoms. The minimum absolute atomic E-state index is 0.193. The van der Waals surface area contributed by atoms with E-state index < -0.39 is 5.60 Å². The molecule has 0 bridgehead atoms. The molecule has 2 rings (SSSR count). The van der Waals surface area contributed by atoms with E-state index in [2.05, 4.69) is 31.3 Å². The van der Waals surface area contributed by atoms with Gasteiger partial charge in [0.1, 0.15) is 5.60 Å². The fourth-order valence-electron chi connectivity index (χ4n) is 2.86. The summed E-state index contributed by atoms with van der Waals surface area (Å²) in [5, 5.41) is 3.68. The molecular formula is C18H30N2O2S. The highest BCUT2D eigenvalue weighted by Gasteiger charge is 2.28. The third-order valence-electron chi connectivity index (χ3n) is 4.02. The Labute approximate surface area is 144 Å². The molecule has 1 fully saturated rings. The molecule has 2 heterocycles. The lowest BCUT2D eigenvalue weighted by molar-refractivity contribution is 0.0184. The third-order valence-corrected chi connectivity index (χ3v) is 5.43. The number of carbonyl (C=O) groups excluding carboxylic acids is 1. The first-order valence-corrected chi connectivity index (χ1v) is 9.42. The minimum Gasteiger partial charge on any atom is -0.444 e. The van der Waals surface area contributed by atoms with Crippen molar-refractivity contribution in [2.75, 3.05) is 13.1 Å². The molecule has 0 aliphatic carbocycles. The Morgan fingerprint density at radius 3 is 2.83 bits per heavy atom. The molecule has 2 unspecified atom stereocenters. The van der Waals surface area contributed by atoms with Gasteiger partial charge < -0.3 is 15.0 Å². The van der Waals surface area contributed by atoms with Crippen molar-refractivity contribution in [1.29, 1.82) is 0 Å². The second-order valence-electron chi connectivity index (χ2n) is 7.31. The highest BCUT2D eigenvalue weighted by molar-refractivity contribution is 7.12. The first-order chi connectivity index (χ1) is 10.8. The maximum absolute atomic E-state index is 12.2. The molecule has 0 radical (unpaired) electrons. The smallest absolute Gasteiger partial charge is 0.410 e. The summed E-state index contributed by atoms with van der Waals surface area (Å²) in [7, 11) is 0. The van der Waals surface area contributed by atoms with E-state index in [0.717, 1.165) is 32.4 Å². The van der Waals surface area contributed by atoms with Crippen molar-refractivity contribution in [2.24, 2.45) is 0 Å². The van der Waals surface area contributed by atoms with Crippen LogP contribution >= 0.6 is 11.3 Å². The van der Waals surface area contributed by atoms with E-state index in [9.17, 15) is 4.79 Å². The molecule has 0 aromatic carbocycles. The first-order valence-electron chi connectivity index (χ1n) is 8.61. The van der Waals surface area contributed by atoms with Crippen LogP contribution in [0.1, 0.15) is 63.3 Å². The molecule has 0 saturated carbocycles. The van der Waals surface area contributed by atoms with Crippen molar-refractivity contribution < 1.29 is 9.53 Å². The largest absolute Gasteiger partial charge is 0.444 e. The summed E-state index contributed by atoms with van der Waals surface area (Å²) in [4.78, 5) is 16.9. The van der Waals surface area contributed by atoms with Crippen molar-refractivity contribution in [3.8, 4) is 0 Å². The maximum atomic E-state index is 12.2. The number of nitrogens with one attached hydrogen (secondary N) is 1. The number of likely N-dealkylation sites (tertiary alicyclic amines) is 1. The van der Waals surface area contributed by atoms with Gasteiger partial charge in [-0.15, -0.1) is 11.3 Å². The van der Waals surface area contributed by atoms with Crippen LogP contribution < -0.4 is 5.32 Å². The van der Waals surface area contributed by atoms with Gasteiger partial charge >= 0.3 is 6.09 Å². The molecule has 1 aliphatic rings. The number of ether oxygens (including phenoxy) is 1. The summed E-state index contributed by atoms with van der Waals surface area (Å²) in [6.45, 7) is 11.6. The number of rotatable bonds is 4. The fraction of sp³-hybridized carbons (Fsp3) is 0.722. The number of carbonyl (C=O) groups is 1. The van der Waals surface area contributed by atoms with E-state index in [-0.39, 0.29) is 6.09 Å². The molecule has 1 aromatic heterocycles. The molecule has 1 amide bonds. The molecule has 1 aliphatic heterocycles. The Morgan fingerprint density at radius 1 is 1.48 bits per heavy atom. The average Bonchev–Trinajstić information content (AvgIpc) is 2.95. The third kappa shape index (κ3) is 5.50. The molecule has 4 nitrogen and oxygen atoms in total. The number of amides is 1. The Balaban J connectivity index is 1.89. The van der Waals surface area contributed by atoms with Crippen LogP contribution in [0.25, 0.3) is 0 Å². The summed E-state index contributed by atoms with van der Waals surface area (Å²) in [6, 6.07) is 5.09. The zero-order valence-electron chi connectivity index (χ0n) is 15.0. The van der Waals surface area contributed by atoms with E-state index in [0.29, 0.717) is 12.1 Å². The SMILES string of the molecule is CCc1ccc(C(C)NC2CCCN(C(=O)OC(C)(C)C)C2)s1. The van der Waals surface area contributed by atoms with Crippen LogP contribution in [0.3, 0.4) is 0 Å². The zero-order chi connectivity index (χ0) is 17.0. The van der Waals surface area contributed by atoms with Gasteiger partial charge in [0.2, 0.25) is 0 Å². The Hall–Kier alpha value is -1.07. The molecule has 5 heteroatoms. The quantitative estimate of drug-likeness (QED) is 0.887. The van der Waals surface area contributed by atoms with Crippen molar-refractivity contribution in [2.45, 2.75) is 71.6 Å². The molecule has 1 saturated heterocycles. The zero-order valence-corrected chi connectivity index (χ0v) is 15.8. The average molecular weight is 339 g/mol. The standard InChI is InChI=1S/C18H30N2O2S/c1-6-15-9-10-16(23-15)13(2)19-14-8-7-11-20(12-14)17(21)22-18(3,4)5/h9-10,13-14,19H,6-8,11-12H2,1-5H3. The minimum atomic E-state index is -0.432. The highest BCUT2D eigenvalue weighted by atomic mass is 32.1. The van der Waals surface area contributed by atoms with Gasteiger partial charge in [-0.3, -0.25) is 0 Å². The lowest BCUT2D eigenvalue weighted by Gasteiger charge is -2.35. The van der Waals surface area contributed by atoms with Crippen molar-refractivity contribution in [3.63, 3.8) is 0 Å². The van der Waals surface area contributed by atoms with Crippen LogP contribution in [0.15, 0.2) is 12.1 Å². The molecule has 1 aromatic rings. The normalized spacial score (nSPS) is 20.4. The van der Waals surface area contributed by atoms with Crippen molar-refractivity contribution >= 4 is 17.4 Å². The summed E-state index contributed by atoms with van der Waals surface area (Å²) in [6.07, 6.45) is 3.03. The summed E-state index contributed by atoms with van der Waals surface area (Å²) < 4.78 is 5.49. The molecular weight excluding hydrogens is 308 g/mol. The van der Waals surface area contributed by atoms with Gasteiger partial charge in [0, 0.05) is 34.9 Å². The molecule has 2 atom stereocenters. The molecule has 1 N–H and O–H groups in total. The first kappa shape index (κ1) is 18.3. The van der Waals surface area contributed by atoms with Gasteiger partial charge in [-0.1, -0.05) is 6.92 Å². The van der Waals surface area contributed by atoms with Gasteiger partial charge in [0.25, 0.3) is 0 Å². The number of hydrogen-bond acceptors (Lipinski definition) is 4. The summed E-state index contributed by atoms with van der Waals surface area (Å²) in [5.41, 5.74) is -0.432. The Morgan fingerprint density at radius 2 is 2.22 bits per heavy atom. The lowest BCUT2D eigenvalue weighted by Crippen LogP contribution is -2.49. The van der Waals surface area contributed by atoms with Gasteiger partial charge in [0.15, 0.2) is 0 Å². The predicted octanol–water partition coefficient (Wildman–Crippen LogP) is 4.36. The number of aryl methyl sites for hydroxylation is 1. The summed E-state index contributed by atoms with van der Waals surface area (Å²) >= 11 is 1.88. The fourth-order valence-corrected chi connectivity index (χ4v) is 3.82. The van der Waals surface area contributed by atoms with Gasteiger partial charge in [-0.2, -0.15) is 0 Å². The summed E-state index contributed by atoms with van der Waals surface area (Å²) in [5.74, 6) is 0. The van der Waals surface area contributed by atoms with Crippen LogP contribution in [0.2, 0.25) is 0 Å². The second kappa shape index (κ2) is 7.67. The number of nitrogens with zero attached hydrogens (tertiary/aromatic N) is 1. The van der Waals surface area contributed by atoms with Crippen molar-refractivity contribution in [3.05, 3.63) is 21.9 Å². The van der Waals surface area contributed by atoms with E-state index in [1.54, 1.807) is 0 Å². The highest BCUT2D eigenvalue weighted by Crippen LogP contribution is 2.25. The molecule has 23 heavy (non-hydrogen) atoms. The van der Waals surface area contributed by atoms with E-state index in [1.807, 2.05) is 37.0 Å². The van der Waals surface area contributed by atoms with E-state index in [4.69, 9.17) is 4.74 Å². The van der Waals surface area contributed by atoms with Crippen LogP contribution in [0, 0.1) is 0 Å². The Kier molecular flexibility index (Phi) is 6.09. The van der Waals surface area contributed by atoms with E-state index in [1.165, 1.54) is 9.75 Å². The van der Waals surface area contributed by atoms with Crippen LogP contribution in [-0.2, 0) is 11.2 Å². The van der Waals surface area contributed by atoms with Crippen LogP contribution in [0.5, 0.6) is 0 Å². The predicted molar refractivity (Wildman–Crippen MR) is 96.1 cm³/mol. The molecule has 130 valence electrons. The number of piperidine rings is 1. The number of hydrogen-bond donors (Lipinski definition) is 1. The second-order valence-corrected chi connectivity index (χ2v) is 8.51. The van der Waals surface area contributed by atoms with Gasteiger partial charge in [-0.25, -0.2) is 4.79 Å². The van der Waals surface area contributed by atoms with Gasteiger partial charge in [0.05, 0.1) is 0 Å². The van der Waals surface area contributed by atoms with Crippen molar-refractivity contribution in [1.82, 2.24) is 10.2 Å². The van der Waals surface area contributed by atoms with E-state index >= 15 is 0 Å². The number of thiophene rings is 1. The van der Waals surface area contributed by atoms with Gasteiger partial charge in [-0.05, 0) is 59.1 Å². The monoisotopic (exact) mass is 338 g/mol. The lowest BCUT2D eigenvalue weighted by atomic mass is 10.0. The Bertz CT molecular complexity index is 521.